The number of pyridine rings is 1. The molecule has 0 radical (unpaired) electrons. The highest BCUT2D eigenvalue weighted by atomic mass is 35.5. The molecule has 1 aromatic carbocycles. The summed E-state index contributed by atoms with van der Waals surface area (Å²) in [5, 5.41) is 4.94. The Morgan fingerprint density at radius 1 is 1.26 bits per heavy atom. The van der Waals surface area contributed by atoms with Crippen molar-refractivity contribution in [3.05, 3.63) is 65.1 Å². The van der Waals surface area contributed by atoms with Crippen LogP contribution in [0.15, 0.2) is 53.2 Å². The molecule has 1 N–H and O–H groups in total. The van der Waals surface area contributed by atoms with E-state index in [1.807, 2.05) is 43.4 Å². The van der Waals surface area contributed by atoms with E-state index in [0.717, 1.165) is 22.3 Å². The average Bonchev–Trinajstić information content (AvgIpc) is 2.85. The van der Waals surface area contributed by atoms with Gasteiger partial charge in [0.05, 0.1) is 11.1 Å². The third kappa shape index (κ3) is 2.23. The van der Waals surface area contributed by atoms with E-state index in [9.17, 15) is 0 Å². The molecule has 19 heavy (non-hydrogen) atoms. The van der Waals surface area contributed by atoms with E-state index in [2.05, 4.69) is 10.3 Å². The second-order valence-corrected chi connectivity index (χ2v) is 4.71. The van der Waals surface area contributed by atoms with Crippen LogP contribution in [-0.2, 0) is 0 Å². The van der Waals surface area contributed by atoms with Gasteiger partial charge in [-0.15, -0.1) is 0 Å². The average molecular weight is 273 g/mol. The van der Waals surface area contributed by atoms with Gasteiger partial charge in [-0.05, 0) is 30.8 Å². The highest BCUT2D eigenvalue weighted by Crippen LogP contribution is 2.31. The zero-order valence-corrected chi connectivity index (χ0v) is 11.2. The van der Waals surface area contributed by atoms with Gasteiger partial charge in [-0.3, -0.25) is 4.98 Å². The summed E-state index contributed by atoms with van der Waals surface area (Å²) in [6.07, 6.45) is 3.37. The van der Waals surface area contributed by atoms with Crippen LogP contribution in [0.4, 0.5) is 0 Å². The van der Waals surface area contributed by atoms with Crippen molar-refractivity contribution in [3.8, 4) is 0 Å². The number of benzene rings is 1. The number of nitrogens with one attached hydrogen (secondary N) is 1. The fourth-order valence-corrected chi connectivity index (χ4v) is 2.44. The molecular weight excluding hydrogens is 260 g/mol. The molecule has 1 unspecified atom stereocenters. The fourth-order valence-electron chi connectivity index (χ4n) is 2.22. The van der Waals surface area contributed by atoms with Crippen molar-refractivity contribution in [2.24, 2.45) is 0 Å². The summed E-state index contributed by atoms with van der Waals surface area (Å²) in [5.74, 6) is 0.844. The Morgan fingerprint density at radius 2 is 2.11 bits per heavy atom. The lowest BCUT2D eigenvalue weighted by Crippen LogP contribution is -2.17. The quantitative estimate of drug-likeness (QED) is 0.788. The Hall–Kier alpha value is -1.84. The molecule has 0 saturated carbocycles. The molecule has 2 aromatic heterocycles. The molecule has 0 spiro atoms. The number of fused-ring (bicyclic) bond motifs is 1. The molecule has 96 valence electrons. The third-order valence-electron chi connectivity index (χ3n) is 3.13. The topological polar surface area (TPSA) is 38.1 Å². The molecular formula is C15H13ClN2O. The summed E-state index contributed by atoms with van der Waals surface area (Å²) < 4.78 is 5.89. The lowest BCUT2D eigenvalue weighted by atomic mass is 10.1. The van der Waals surface area contributed by atoms with Crippen LogP contribution in [0.2, 0.25) is 5.02 Å². The van der Waals surface area contributed by atoms with Crippen molar-refractivity contribution in [2.45, 2.75) is 6.04 Å². The molecule has 2 heterocycles. The van der Waals surface area contributed by atoms with E-state index >= 15 is 0 Å². The summed E-state index contributed by atoms with van der Waals surface area (Å²) in [5.41, 5.74) is 1.83. The largest absolute Gasteiger partial charge is 0.459 e. The summed E-state index contributed by atoms with van der Waals surface area (Å²) in [4.78, 5) is 4.01. The third-order valence-corrected chi connectivity index (χ3v) is 3.45. The monoisotopic (exact) mass is 272 g/mol. The van der Waals surface area contributed by atoms with Gasteiger partial charge in [0.1, 0.15) is 11.3 Å². The number of furan rings is 1. The molecule has 3 rings (SSSR count). The number of para-hydroxylation sites is 1. The number of halogens is 1. The van der Waals surface area contributed by atoms with Gasteiger partial charge < -0.3 is 9.73 Å². The van der Waals surface area contributed by atoms with E-state index in [0.29, 0.717) is 5.02 Å². The van der Waals surface area contributed by atoms with Crippen LogP contribution in [0.3, 0.4) is 0 Å². The minimum absolute atomic E-state index is 0.0806. The predicted octanol–water partition coefficient (Wildman–Crippen LogP) is 3.79. The first-order chi connectivity index (χ1) is 9.29. The Bertz CT molecular complexity index is 675. The predicted molar refractivity (Wildman–Crippen MR) is 76.4 cm³/mol. The summed E-state index contributed by atoms with van der Waals surface area (Å²) in [6.45, 7) is 0. The summed E-state index contributed by atoms with van der Waals surface area (Å²) in [6, 6.07) is 11.8. The van der Waals surface area contributed by atoms with Gasteiger partial charge in [0.25, 0.3) is 0 Å². The van der Waals surface area contributed by atoms with Crippen LogP contribution in [0, 0.1) is 0 Å². The van der Waals surface area contributed by atoms with Gasteiger partial charge >= 0.3 is 0 Å². The van der Waals surface area contributed by atoms with Crippen molar-refractivity contribution >= 4 is 22.6 Å². The number of aromatic nitrogens is 1. The highest BCUT2D eigenvalue weighted by Gasteiger charge is 2.19. The van der Waals surface area contributed by atoms with Crippen molar-refractivity contribution in [2.75, 3.05) is 7.05 Å². The van der Waals surface area contributed by atoms with Gasteiger partial charge in [0.2, 0.25) is 0 Å². The summed E-state index contributed by atoms with van der Waals surface area (Å²) >= 11 is 6.20. The SMILES string of the molecule is CNC(c1cc2ccccc2o1)c1ccncc1Cl. The highest BCUT2D eigenvalue weighted by molar-refractivity contribution is 6.31. The normalized spacial score (nSPS) is 12.7. The number of nitrogens with zero attached hydrogens (tertiary/aromatic N) is 1. The van der Waals surface area contributed by atoms with Crippen molar-refractivity contribution in [1.29, 1.82) is 0 Å². The van der Waals surface area contributed by atoms with Crippen LogP contribution < -0.4 is 5.32 Å². The van der Waals surface area contributed by atoms with Crippen molar-refractivity contribution in [1.82, 2.24) is 10.3 Å². The van der Waals surface area contributed by atoms with Crippen molar-refractivity contribution < 1.29 is 4.42 Å². The Balaban J connectivity index is 2.09. The van der Waals surface area contributed by atoms with Crippen LogP contribution >= 0.6 is 11.6 Å². The van der Waals surface area contributed by atoms with Gasteiger partial charge in [-0.25, -0.2) is 0 Å². The lowest BCUT2D eigenvalue weighted by molar-refractivity contribution is 0.491. The Morgan fingerprint density at radius 3 is 2.84 bits per heavy atom. The van der Waals surface area contributed by atoms with Gasteiger partial charge in [-0.2, -0.15) is 0 Å². The maximum atomic E-state index is 6.20. The first-order valence-corrected chi connectivity index (χ1v) is 6.42. The number of hydrogen-bond acceptors (Lipinski definition) is 3. The number of hydrogen-bond donors (Lipinski definition) is 1. The first kappa shape index (κ1) is 12.2. The van der Waals surface area contributed by atoms with Crippen LogP contribution in [-0.4, -0.2) is 12.0 Å². The van der Waals surface area contributed by atoms with Crippen molar-refractivity contribution in [3.63, 3.8) is 0 Å². The van der Waals surface area contributed by atoms with E-state index in [1.54, 1.807) is 12.4 Å². The molecule has 1 atom stereocenters. The minimum atomic E-state index is -0.0806. The van der Waals surface area contributed by atoms with Crippen LogP contribution in [0.25, 0.3) is 11.0 Å². The Kier molecular flexibility index (Phi) is 3.23. The van der Waals surface area contributed by atoms with E-state index < -0.39 is 0 Å². The molecule has 0 amide bonds. The fraction of sp³-hybridized carbons (Fsp3) is 0.133. The number of rotatable bonds is 3. The van der Waals surface area contributed by atoms with Gasteiger partial charge in [0, 0.05) is 17.8 Å². The van der Waals surface area contributed by atoms with E-state index in [4.69, 9.17) is 16.0 Å². The maximum Gasteiger partial charge on any atom is 0.134 e. The molecule has 0 aliphatic heterocycles. The molecule has 0 aliphatic rings. The van der Waals surface area contributed by atoms with Gasteiger partial charge in [0.15, 0.2) is 0 Å². The lowest BCUT2D eigenvalue weighted by Gasteiger charge is -2.14. The zero-order valence-electron chi connectivity index (χ0n) is 10.4. The van der Waals surface area contributed by atoms with Gasteiger partial charge in [-0.1, -0.05) is 29.8 Å². The molecule has 3 nitrogen and oxygen atoms in total. The molecule has 0 saturated heterocycles. The summed E-state index contributed by atoms with van der Waals surface area (Å²) in [7, 11) is 1.88. The molecule has 0 fully saturated rings. The van der Waals surface area contributed by atoms with Crippen LogP contribution in [0.1, 0.15) is 17.4 Å². The first-order valence-electron chi connectivity index (χ1n) is 6.05. The molecule has 4 heteroatoms. The molecule has 0 aliphatic carbocycles. The second kappa shape index (κ2) is 5.03. The van der Waals surface area contributed by atoms with Crippen LogP contribution in [0.5, 0.6) is 0 Å². The Labute approximate surface area is 116 Å². The van der Waals surface area contributed by atoms with E-state index in [1.165, 1.54) is 0 Å². The zero-order chi connectivity index (χ0) is 13.2. The second-order valence-electron chi connectivity index (χ2n) is 4.31. The molecule has 3 aromatic rings. The standard InChI is InChI=1S/C15H13ClN2O/c1-17-15(11-6-7-18-9-12(11)16)14-8-10-4-2-3-5-13(10)19-14/h2-9,15,17H,1H3. The molecule has 0 bridgehead atoms. The maximum absolute atomic E-state index is 6.20. The smallest absolute Gasteiger partial charge is 0.134 e. The minimum Gasteiger partial charge on any atom is -0.459 e. The van der Waals surface area contributed by atoms with E-state index in [-0.39, 0.29) is 6.04 Å².